The van der Waals surface area contributed by atoms with E-state index in [9.17, 15) is 18.0 Å². The van der Waals surface area contributed by atoms with Gasteiger partial charge >= 0.3 is 6.18 Å². The predicted octanol–water partition coefficient (Wildman–Crippen LogP) is 4.36. The number of carbonyl (C=O) groups is 1. The molecule has 0 atom stereocenters. The summed E-state index contributed by atoms with van der Waals surface area (Å²) in [4.78, 5) is 14.2. The van der Waals surface area contributed by atoms with Crippen LogP contribution >= 0.6 is 11.6 Å². The summed E-state index contributed by atoms with van der Waals surface area (Å²) in [5.41, 5.74) is 0.855. The monoisotopic (exact) mass is 398 g/mol. The summed E-state index contributed by atoms with van der Waals surface area (Å²) < 4.78 is 44.6. The molecule has 2 aromatic rings. The number of benzene rings is 2. The van der Waals surface area contributed by atoms with Crippen LogP contribution in [0.15, 0.2) is 36.4 Å². The van der Waals surface area contributed by atoms with Crippen molar-refractivity contribution in [3.8, 4) is 5.75 Å². The Balaban J connectivity index is 1.71. The van der Waals surface area contributed by atoms with Crippen molar-refractivity contribution in [1.29, 1.82) is 0 Å². The lowest BCUT2D eigenvalue weighted by Gasteiger charge is -2.28. The number of halogens is 4. The zero-order chi connectivity index (χ0) is 19.6. The minimum atomic E-state index is -4.60. The second kappa shape index (κ2) is 7.78. The zero-order valence-corrected chi connectivity index (χ0v) is 15.3. The Bertz CT molecular complexity index is 855. The standard InChI is InChI=1S/C19H18ClF3N2O2/c1-27-14-6-5-12-7-8-25(10-13(12)9-14)11-17(26)24-18-15(19(21,22)23)3-2-4-16(18)20/h2-6,9H,7-8,10-11H2,1H3,(H,24,26). The van der Waals surface area contributed by atoms with Gasteiger partial charge in [-0.3, -0.25) is 9.69 Å². The number of para-hydroxylation sites is 1. The number of hydrogen-bond donors (Lipinski definition) is 1. The van der Waals surface area contributed by atoms with Gasteiger partial charge in [-0.2, -0.15) is 13.2 Å². The highest BCUT2D eigenvalue weighted by molar-refractivity contribution is 6.34. The molecule has 1 N–H and O–H groups in total. The fourth-order valence-electron chi connectivity index (χ4n) is 3.12. The molecular formula is C19H18ClF3N2O2. The van der Waals surface area contributed by atoms with Crippen molar-refractivity contribution in [3.05, 3.63) is 58.1 Å². The fourth-order valence-corrected chi connectivity index (χ4v) is 3.35. The van der Waals surface area contributed by atoms with Crippen LogP contribution in [0.4, 0.5) is 18.9 Å². The SMILES string of the molecule is COc1ccc2c(c1)CN(CC(=O)Nc1c(Cl)cccc1C(F)(F)F)CC2. The van der Waals surface area contributed by atoms with Gasteiger partial charge in [-0.05, 0) is 41.8 Å². The Morgan fingerprint density at radius 3 is 2.74 bits per heavy atom. The number of methoxy groups -OCH3 is 1. The number of fused-ring (bicyclic) bond motifs is 1. The van der Waals surface area contributed by atoms with Crippen LogP contribution in [0.5, 0.6) is 5.75 Å². The topological polar surface area (TPSA) is 41.6 Å². The number of nitrogens with zero attached hydrogens (tertiary/aromatic N) is 1. The van der Waals surface area contributed by atoms with E-state index in [1.165, 1.54) is 17.7 Å². The maximum atomic E-state index is 13.1. The molecule has 2 aromatic carbocycles. The van der Waals surface area contributed by atoms with Crippen molar-refractivity contribution in [2.45, 2.75) is 19.1 Å². The van der Waals surface area contributed by atoms with Crippen LogP contribution in [0.3, 0.4) is 0 Å². The van der Waals surface area contributed by atoms with Crippen molar-refractivity contribution in [2.75, 3.05) is 25.5 Å². The van der Waals surface area contributed by atoms with Gasteiger partial charge in [0, 0.05) is 13.1 Å². The largest absolute Gasteiger partial charge is 0.497 e. The number of carbonyl (C=O) groups excluding carboxylic acids is 1. The maximum absolute atomic E-state index is 13.1. The number of amides is 1. The van der Waals surface area contributed by atoms with Crippen LogP contribution in [0.2, 0.25) is 5.02 Å². The van der Waals surface area contributed by atoms with Crippen molar-refractivity contribution >= 4 is 23.2 Å². The molecule has 1 aliphatic heterocycles. The third kappa shape index (κ3) is 4.54. The van der Waals surface area contributed by atoms with Crippen LogP contribution in [-0.2, 0) is 23.9 Å². The molecule has 0 spiro atoms. The van der Waals surface area contributed by atoms with Crippen LogP contribution in [0.1, 0.15) is 16.7 Å². The number of alkyl halides is 3. The van der Waals surface area contributed by atoms with Crippen molar-refractivity contribution in [2.24, 2.45) is 0 Å². The molecule has 0 unspecified atom stereocenters. The van der Waals surface area contributed by atoms with E-state index >= 15 is 0 Å². The summed E-state index contributed by atoms with van der Waals surface area (Å²) in [7, 11) is 1.58. The van der Waals surface area contributed by atoms with Crippen molar-refractivity contribution in [1.82, 2.24) is 4.90 Å². The smallest absolute Gasteiger partial charge is 0.418 e. The van der Waals surface area contributed by atoms with E-state index in [0.717, 1.165) is 23.8 Å². The molecule has 0 saturated carbocycles. The van der Waals surface area contributed by atoms with E-state index in [-0.39, 0.29) is 11.6 Å². The molecule has 1 heterocycles. The second-order valence-corrected chi connectivity index (χ2v) is 6.71. The Labute approximate surface area is 159 Å². The number of nitrogens with one attached hydrogen (secondary N) is 1. The minimum absolute atomic E-state index is 0.0286. The average molecular weight is 399 g/mol. The van der Waals surface area contributed by atoms with Gasteiger partial charge in [-0.1, -0.05) is 23.7 Å². The average Bonchev–Trinajstić information content (AvgIpc) is 2.61. The summed E-state index contributed by atoms with van der Waals surface area (Å²) in [6.07, 6.45) is -3.85. The van der Waals surface area contributed by atoms with Gasteiger partial charge < -0.3 is 10.1 Å². The molecule has 0 aromatic heterocycles. The molecule has 0 fully saturated rings. The van der Waals surface area contributed by atoms with Gasteiger partial charge in [0.1, 0.15) is 5.75 Å². The molecule has 0 saturated heterocycles. The third-order valence-electron chi connectivity index (χ3n) is 4.46. The van der Waals surface area contributed by atoms with E-state index in [1.807, 2.05) is 23.1 Å². The second-order valence-electron chi connectivity index (χ2n) is 6.30. The first-order valence-corrected chi connectivity index (χ1v) is 8.69. The minimum Gasteiger partial charge on any atom is -0.497 e. The normalized spacial score (nSPS) is 14.6. The van der Waals surface area contributed by atoms with Crippen LogP contribution in [0, 0.1) is 0 Å². The molecule has 3 rings (SSSR count). The summed E-state index contributed by atoms with van der Waals surface area (Å²) >= 11 is 5.88. The molecule has 0 bridgehead atoms. The molecular weight excluding hydrogens is 381 g/mol. The summed E-state index contributed by atoms with van der Waals surface area (Å²) in [6, 6.07) is 9.20. The maximum Gasteiger partial charge on any atom is 0.418 e. The van der Waals surface area contributed by atoms with Crippen molar-refractivity contribution in [3.63, 3.8) is 0 Å². The molecule has 0 aliphatic carbocycles. The van der Waals surface area contributed by atoms with Crippen LogP contribution in [0.25, 0.3) is 0 Å². The highest BCUT2D eigenvalue weighted by Crippen LogP contribution is 2.38. The quantitative estimate of drug-likeness (QED) is 0.831. The molecule has 144 valence electrons. The first-order valence-electron chi connectivity index (χ1n) is 8.31. The molecule has 4 nitrogen and oxygen atoms in total. The predicted molar refractivity (Wildman–Crippen MR) is 97.1 cm³/mol. The lowest BCUT2D eigenvalue weighted by atomic mass is 9.99. The fraction of sp³-hybridized carbons (Fsp3) is 0.316. The van der Waals surface area contributed by atoms with Gasteiger partial charge in [0.05, 0.1) is 29.9 Å². The number of rotatable bonds is 4. The van der Waals surface area contributed by atoms with E-state index in [2.05, 4.69) is 5.32 Å². The van der Waals surface area contributed by atoms with E-state index in [1.54, 1.807) is 7.11 Å². The van der Waals surface area contributed by atoms with E-state index in [0.29, 0.717) is 13.1 Å². The molecule has 8 heteroatoms. The number of hydrogen-bond acceptors (Lipinski definition) is 3. The summed E-state index contributed by atoms with van der Waals surface area (Å²) in [6.45, 7) is 1.13. The van der Waals surface area contributed by atoms with E-state index < -0.39 is 23.3 Å². The van der Waals surface area contributed by atoms with Crippen LogP contribution in [-0.4, -0.2) is 31.0 Å². The molecule has 1 amide bonds. The van der Waals surface area contributed by atoms with Crippen LogP contribution < -0.4 is 10.1 Å². The first kappa shape index (κ1) is 19.5. The number of anilines is 1. The summed E-state index contributed by atoms with van der Waals surface area (Å²) in [5.74, 6) is 0.186. The first-order chi connectivity index (χ1) is 12.8. The Morgan fingerprint density at radius 2 is 2.04 bits per heavy atom. The number of ether oxygens (including phenoxy) is 1. The lowest BCUT2D eigenvalue weighted by molar-refractivity contribution is -0.137. The van der Waals surface area contributed by atoms with Gasteiger partial charge in [-0.25, -0.2) is 0 Å². The highest BCUT2D eigenvalue weighted by Gasteiger charge is 2.35. The Hall–Kier alpha value is -2.25. The van der Waals surface area contributed by atoms with Gasteiger partial charge in [0.2, 0.25) is 5.91 Å². The van der Waals surface area contributed by atoms with E-state index in [4.69, 9.17) is 16.3 Å². The highest BCUT2D eigenvalue weighted by atomic mass is 35.5. The molecule has 0 radical (unpaired) electrons. The van der Waals surface area contributed by atoms with Gasteiger partial charge in [0.15, 0.2) is 0 Å². The van der Waals surface area contributed by atoms with Crippen molar-refractivity contribution < 1.29 is 22.7 Å². The van der Waals surface area contributed by atoms with Gasteiger partial charge in [0.25, 0.3) is 0 Å². The molecule has 27 heavy (non-hydrogen) atoms. The zero-order valence-electron chi connectivity index (χ0n) is 14.6. The van der Waals surface area contributed by atoms with Gasteiger partial charge in [-0.15, -0.1) is 0 Å². The third-order valence-corrected chi connectivity index (χ3v) is 4.77. The molecule has 1 aliphatic rings. The lowest BCUT2D eigenvalue weighted by Crippen LogP contribution is -2.37. The Kier molecular flexibility index (Phi) is 5.62. The summed E-state index contributed by atoms with van der Waals surface area (Å²) in [5, 5.41) is 2.18. The Morgan fingerprint density at radius 1 is 1.26 bits per heavy atom.